The summed E-state index contributed by atoms with van der Waals surface area (Å²) in [6, 6.07) is 3.89. The number of nitrogens with zero attached hydrogens (tertiary/aromatic N) is 2. The number of nitro groups is 1. The molecule has 21 heavy (non-hydrogen) atoms. The van der Waals surface area contributed by atoms with Crippen LogP contribution >= 0.6 is 15.9 Å². The largest absolute Gasteiger partial charge is 0.320 e. The molecule has 0 aliphatic rings. The number of rotatable bonds is 3. The fraction of sp³-hybridized carbons (Fsp3) is 0. The van der Waals surface area contributed by atoms with Crippen LogP contribution in [0.3, 0.4) is 0 Å². The van der Waals surface area contributed by atoms with E-state index in [1.54, 1.807) is 6.07 Å². The van der Waals surface area contributed by atoms with Crippen LogP contribution in [0.25, 0.3) is 0 Å². The van der Waals surface area contributed by atoms with E-state index < -0.39 is 33.7 Å². The monoisotopic (exact) mass is 357 g/mol. The highest BCUT2D eigenvalue weighted by Crippen LogP contribution is 2.22. The fourth-order valence-electron chi connectivity index (χ4n) is 1.50. The maximum absolute atomic E-state index is 13.7. The van der Waals surface area contributed by atoms with Gasteiger partial charge in [-0.15, -0.1) is 0 Å². The number of benzene rings is 1. The number of aromatic nitrogens is 1. The number of hydrogen-bond donors (Lipinski definition) is 1. The molecule has 0 atom stereocenters. The lowest BCUT2D eigenvalue weighted by atomic mass is 10.1. The van der Waals surface area contributed by atoms with Gasteiger partial charge in [0.05, 0.1) is 28.4 Å². The van der Waals surface area contributed by atoms with Crippen LogP contribution in [0.4, 0.5) is 20.2 Å². The van der Waals surface area contributed by atoms with Gasteiger partial charge in [0.2, 0.25) is 5.82 Å². The summed E-state index contributed by atoms with van der Waals surface area (Å²) in [7, 11) is 0. The number of nitrogens with one attached hydrogen (secondary N) is 1. The Bertz CT molecular complexity index is 722. The van der Waals surface area contributed by atoms with Crippen LogP contribution in [0, 0.1) is 21.7 Å². The first-order chi connectivity index (χ1) is 9.88. The molecule has 0 aliphatic carbocycles. The average Bonchev–Trinajstić information content (AvgIpc) is 2.43. The summed E-state index contributed by atoms with van der Waals surface area (Å²) in [5.74, 6) is -3.42. The normalized spacial score (nSPS) is 10.2. The van der Waals surface area contributed by atoms with Crippen molar-refractivity contribution in [2.24, 2.45) is 0 Å². The highest BCUT2D eigenvalue weighted by Gasteiger charge is 2.22. The molecule has 1 aromatic heterocycles. The van der Waals surface area contributed by atoms with Gasteiger partial charge in [0.15, 0.2) is 0 Å². The summed E-state index contributed by atoms with van der Waals surface area (Å²) >= 11 is 3.10. The summed E-state index contributed by atoms with van der Waals surface area (Å²) in [5.41, 5.74) is -1.41. The SMILES string of the molecule is O=C(Nc1ccc(Br)nc1)c1cc(F)c([N+](=O)[O-])cc1F. The number of hydrogen-bond acceptors (Lipinski definition) is 4. The lowest BCUT2D eigenvalue weighted by molar-refractivity contribution is -0.387. The Labute approximate surface area is 125 Å². The third kappa shape index (κ3) is 3.37. The van der Waals surface area contributed by atoms with Gasteiger partial charge in [-0.25, -0.2) is 9.37 Å². The number of pyridine rings is 1. The van der Waals surface area contributed by atoms with Gasteiger partial charge in [0.1, 0.15) is 10.4 Å². The molecule has 0 bridgehead atoms. The molecule has 1 N–H and O–H groups in total. The van der Waals surface area contributed by atoms with E-state index in [1.807, 2.05) is 0 Å². The molecule has 6 nitrogen and oxygen atoms in total. The van der Waals surface area contributed by atoms with Gasteiger partial charge in [-0.2, -0.15) is 4.39 Å². The third-order valence-electron chi connectivity index (χ3n) is 2.46. The minimum atomic E-state index is -1.29. The molecule has 0 saturated carbocycles. The molecule has 1 aromatic carbocycles. The van der Waals surface area contributed by atoms with E-state index >= 15 is 0 Å². The molecule has 0 aliphatic heterocycles. The second kappa shape index (κ2) is 5.92. The van der Waals surface area contributed by atoms with E-state index in [4.69, 9.17) is 0 Å². The van der Waals surface area contributed by atoms with Crippen LogP contribution in [-0.2, 0) is 0 Å². The van der Waals surface area contributed by atoms with Crippen molar-refractivity contribution in [3.63, 3.8) is 0 Å². The van der Waals surface area contributed by atoms with E-state index in [9.17, 15) is 23.7 Å². The van der Waals surface area contributed by atoms with Crippen molar-refractivity contribution in [1.82, 2.24) is 4.98 Å². The number of carbonyl (C=O) groups is 1. The minimum Gasteiger partial charge on any atom is -0.320 e. The molecule has 2 aromatic rings. The Morgan fingerprint density at radius 3 is 2.57 bits per heavy atom. The minimum absolute atomic E-state index is 0.265. The first-order valence-corrected chi connectivity index (χ1v) is 6.24. The van der Waals surface area contributed by atoms with Gasteiger partial charge >= 0.3 is 5.69 Å². The number of amides is 1. The summed E-state index contributed by atoms with van der Waals surface area (Å²) in [4.78, 5) is 25.1. The number of carbonyl (C=O) groups excluding carboxylic acids is 1. The van der Waals surface area contributed by atoms with Gasteiger partial charge in [-0.3, -0.25) is 14.9 Å². The van der Waals surface area contributed by atoms with E-state index in [2.05, 4.69) is 26.2 Å². The average molecular weight is 358 g/mol. The van der Waals surface area contributed by atoms with Crippen molar-refractivity contribution in [2.45, 2.75) is 0 Å². The Morgan fingerprint density at radius 1 is 1.29 bits per heavy atom. The van der Waals surface area contributed by atoms with Gasteiger partial charge in [0.25, 0.3) is 5.91 Å². The van der Waals surface area contributed by atoms with Crippen molar-refractivity contribution < 1.29 is 18.5 Å². The summed E-state index contributed by atoms with van der Waals surface area (Å²) in [6.07, 6.45) is 1.31. The number of nitro benzene ring substituents is 1. The Balaban J connectivity index is 2.29. The van der Waals surface area contributed by atoms with E-state index in [1.165, 1.54) is 12.3 Å². The van der Waals surface area contributed by atoms with Crippen molar-refractivity contribution in [3.05, 3.63) is 62.4 Å². The summed E-state index contributed by atoms with van der Waals surface area (Å²) in [5, 5.41) is 12.8. The lowest BCUT2D eigenvalue weighted by Gasteiger charge is -2.06. The van der Waals surface area contributed by atoms with Crippen molar-refractivity contribution in [2.75, 3.05) is 5.32 Å². The molecule has 9 heteroatoms. The maximum atomic E-state index is 13.7. The standard InChI is InChI=1S/C12H6BrF2N3O3/c13-11-2-1-6(5-16-11)17-12(19)7-3-9(15)10(18(20)21)4-8(7)14/h1-5H,(H,17,19). The molecule has 0 unspecified atom stereocenters. The highest BCUT2D eigenvalue weighted by molar-refractivity contribution is 9.10. The lowest BCUT2D eigenvalue weighted by Crippen LogP contribution is -2.14. The van der Waals surface area contributed by atoms with Gasteiger partial charge in [-0.05, 0) is 34.1 Å². The van der Waals surface area contributed by atoms with Crippen molar-refractivity contribution >= 4 is 33.2 Å². The van der Waals surface area contributed by atoms with Crippen LogP contribution in [0.2, 0.25) is 0 Å². The predicted molar refractivity (Wildman–Crippen MR) is 72.9 cm³/mol. The molecule has 108 valence electrons. The highest BCUT2D eigenvalue weighted by atomic mass is 79.9. The van der Waals surface area contributed by atoms with Crippen LogP contribution in [-0.4, -0.2) is 15.8 Å². The molecule has 0 saturated heterocycles. The summed E-state index contributed by atoms with van der Waals surface area (Å²) in [6.45, 7) is 0. The van der Waals surface area contributed by atoms with E-state index in [0.717, 1.165) is 0 Å². The third-order valence-corrected chi connectivity index (χ3v) is 2.93. The van der Waals surface area contributed by atoms with Gasteiger partial charge < -0.3 is 5.32 Å². The topological polar surface area (TPSA) is 85.1 Å². The molecule has 2 rings (SSSR count). The van der Waals surface area contributed by atoms with Gasteiger partial charge in [-0.1, -0.05) is 0 Å². The zero-order valence-electron chi connectivity index (χ0n) is 10.1. The number of anilines is 1. The molecular weight excluding hydrogens is 352 g/mol. The first kappa shape index (κ1) is 15.0. The van der Waals surface area contributed by atoms with E-state index in [-0.39, 0.29) is 5.69 Å². The Kier molecular flexibility index (Phi) is 4.22. The Hall–Kier alpha value is -2.42. The smallest absolute Gasteiger partial charge is 0.307 e. The molecular formula is C12H6BrF2N3O3. The zero-order chi connectivity index (χ0) is 15.6. The fourth-order valence-corrected chi connectivity index (χ4v) is 1.73. The Morgan fingerprint density at radius 2 is 2.00 bits per heavy atom. The zero-order valence-corrected chi connectivity index (χ0v) is 11.7. The second-order valence-corrected chi connectivity index (χ2v) is 4.68. The molecule has 1 heterocycles. The van der Waals surface area contributed by atoms with Crippen LogP contribution in [0.15, 0.2) is 35.1 Å². The molecule has 0 fully saturated rings. The summed E-state index contributed by atoms with van der Waals surface area (Å²) < 4.78 is 27.6. The maximum Gasteiger partial charge on any atom is 0.307 e. The van der Waals surface area contributed by atoms with Crippen LogP contribution in [0.5, 0.6) is 0 Å². The van der Waals surface area contributed by atoms with Crippen LogP contribution in [0.1, 0.15) is 10.4 Å². The second-order valence-electron chi connectivity index (χ2n) is 3.86. The van der Waals surface area contributed by atoms with Crippen molar-refractivity contribution in [3.8, 4) is 0 Å². The predicted octanol–water partition coefficient (Wildman–Crippen LogP) is 3.28. The molecule has 0 spiro atoms. The molecule has 1 amide bonds. The molecule has 0 radical (unpaired) electrons. The quantitative estimate of drug-likeness (QED) is 0.518. The van der Waals surface area contributed by atoms with E-state index in [0.29, 0.717) is 16.7 Å². The van der Waals surface area contributed by atoms with Crippen molar-refractivity contribution in [1.29, 1.82) is 0 Å². The van der Waals surface area contributed by atoms with Crippen LogP contribution < -0.4 is 5.32 Å². The van der Waals surface area contributed by atoms with Gasteiger partial charge in [0, 0.05) is 0 Å². The first-order valence-electron chi connectivity index (χ1n) is 5.45. The number of halogens is 3.